The quantitative estimate of drug-likeness (QED) is 0.136. The third kappa shape index (κ3) is 7.19. The minimum atomic E-state index is -0.500. The molecule has 1 unspecified atom stereocenters. The summed E-state index contributed by atoms with van der Waals surface area (Å²) in [5.74, 6) is 0. The monoisotopic (exact) mass is 1040 g/mol. The van der Waals surface area contributed by atoms with Crippen molar-refractivity contribution in [3.05, 3.63) is 341 Å². The van der Waals surface area contributed by atoms with E-state index in [-0.39, 0.29) is 5.41 Å². The van der Waals surface area contributed by atoms with E-state index >= 15 is 0 Å². The van der Waals surface area contributed by atoms with Gasteiger partial charge in [-0.3, -0.25) is 0 Å². The van der Waals surface area contributed by atoms with Crippen molar-refractivity contribution in [3.63, 3.8) is 0 Å². The van der Waals surface area contributed by atoms with E-state index in [0.29, 0.717) is 0 Å². The lowest BCUT2D eigenvalue weighted by Gasteiger charge is -2.31. The van der Waals surface area contributed by atoms with Crippen molar-refractivity contribution < 1.29 is 0 Å². The second kappa shape index (κ2) is 18.5. The molecule has 82 heavy (non-hydrogen) atoms. The van der Waals surface area contributed by atoms with Crippen LogP contribution in [0, 0.1) is 0 Å². The van der Waals surface area contributed by atoms with Gasteiger partial charge in [-0.25, -0.2) is 0 Å². The Labute approximate surface area is 480 Å². The standard InChI is InChI=1S/C81H57N/c1-4-52-18-17-21-57(46-52)59-36-41-68-65-25-12-15-28-73(65)81(76(68)49-59)74-29-16-13-26-66(74)69-42-37-60(50-77(69)81)58-39-45-79-71(48-58)70-47-53(31-44-78(70)82(79)62-22-9-6-10-23-62)30-40-63(56-34-32-55(33-35-56)54-19-7-5-8-20-54)61-38-43-67-64-24-11-14-27-72(64)80(2,3)75(67)51-61/h4-29,31-51H,1,30H2,2-3H3/b63-40-. The summed E-state index contributed by atoms with van der Waals surface area (Å²) in [7, 11) is 0. The number of nitrogens with zero attached hydrogens (tertiary/aromatic N) is 1. The van der Waals surface area contributed by atoms with Crippen molar-refractivity contribution >= 4 is 33.5 Å². The van der Waals surface area contributed by atoms with Gasteiger partial charge in [0, 0.05) is 21.9 Å². The average molecular weight is 1040 g/mol. The molecule has 13 aromatic rings. The molecule has 1 atom stereocenters. The zero-order chi connectivity index (χ0) is 54.7. The smallest absolute Gasteiger partial charge is 0.0725 e. The fraction of sp³-hybridized carbons (Fsp3) is 0.0617. The molecule has 0 saturated carbocycles. The van der Waals surface area contributed by atoms with E-state index in [2.05, 4.69) is 304 Å². The molecule has 1 nitrogen and oxygen atoms in total. The van der Waals surface area contributed by atoms with Crippen LogP contribution >= 0.6 is 0 Å². The molecule has 0 amide bonds. The second-order valence-corrected chi connectivity index (χ2v) is 23.1. The predicted molar refractivity (Wildman–Crippen MR) is 345 cm³/mol. The minimum absolute atomic E-state index is 0.107. The highest BCUT2D eigenvalue weighted by molar-refractivity contribution is 6.11. The Bertz CT molecular complexity index is 4780. The molecule has 3 aliphatic carbocycles. The molecule has 0 fully saturated rings. The number of rotatable bonds is 9. The number of para-hydroxylation sites is 1. The van der Waals surface area contributed by atoms with Gasteiger partial charge in [-0.2, -0.15) is 0 Å². The maximum Gasteiger partial charge on any atom is 0.0725 e. The molecule has 0 saturated heterocycles. The molecule has 0 bridgehead atoms. The molecule has 12 aromatic carbocycles. The minimum Gasteiger partial charge on any atom is -0.309 e. The first kappa shape index (κ1) is 47.9. The lowest BCUT2D eigenvalue weighted by Crippen LogP contribution is -2.26. The first-order chi connectivity index (χ1) is 40.3. The maximum absolute atomic E-state index is 4.10. The molecule has 1 spiro atoms. The van der Waals surface area contributed by atoms with E-state index in [1.54, 1.807) is 0 Å². The van der Waals surface area contributed by atoms with Gasteiger partial charge >= 0.3 is 0 Å². The molecular weight excluding hydrogens is 987 g/mol. The number of aromatic nitrogens is 1. The van der Waals surface area contributed by atoms with Crippen molar-refractivity contribution in [2.45, 2.75) is 31.1 Å². The third-order valence-corrected chi connectivity index (χ3v) is 18.5. The lowest BCUT2D eigenvalue weighted by atomic mass is 9.70. The highest BCUT2D eigenvalue weighted by Crippen LogP contribution is 2.63. The van der Waals surface area contributed by atoms with Crippen LogP contribution in [0.4, 0.5) is 0 Å². The van der Waals surface area contributed by atoms with E-state index in [4.69, 9.17) is 0 Å². The lowest BCUT2D eigenvalue weighted by molar-refractivity contribution is 0.660. The Morgan fingerprint density at radius 2 is 0.841 bits per heavy atom. The summed E-state index contributed by atoms with van der Waals surface area (Å²) in [5, 5.41) is 2.48. The van der Waals surface area contributed by atoms with Gasteiger partial charge in [-0.15, -0.1) is 0 Å². The molecule has 0 N–H and O–H groups in total. The van der Waals surface area contributed by atoms with Crippen molar-refractivity contribution in [2.75, 3.05) is 0 Å². The fourth-order valence-electron chi connectivity index (χ4n) is 14.5. The maximum atomic E-state index is 4.10. The Balaban J connectivity index is 0.841. The number of hydrogen-bond acceptors (Lipinski definition) is 0. The summed E-state index contributed by atoms with van der Waals surface area (Å²) < 4.78 is 2.45. The van der Waals surface area contributed by atoms with Crippen LogP contribution in [0.15, 0.2) is 286 Å². The van der Waals surface area contributed by atoms with Crippen LogP contribution in [-0.4, -0.2) is 4.57 Å². The topological polar surface area (TPSA) is 4.93 Å². The number of allylic oxidation sites excluding steroid dienone is 1. The first-order valence-corrected chi connectivity index (χ1v) is 28.8. The van der Waals surface area contributed by atoms with Gasteiger partial charge in [-0.05, 0) is 195 Å². The molecule has 0 radical (unpaired) electrons. The van der Waals surface area contributed by atoms with Gasteiger partial charge in [0.05, 0.1) is 16.4 Å². The third-order valence-electron chi connectivity index (χ3n) is 18.5. The average Bonchev–Trinajstić information content (AvgIpc) is 1.88. The van der Waals surface area contributed by atoms with Crippen LogP contribution in [0.2, 0.25) is 0 Å². The van der Waals surface area contributed by atoms with Crippen LogP contribution in [0.3, 0.4) is 0 Å². The van der Waals surface area contributed by atoms with E-state index < -0.39 is 5.41 Å². The van der Waals surface area contributed by atoms with E-state index in [1.807, 2.05) is 6.08 Å². The summed E-state index contributed by atoms with van der Waals surface area (Å²) in [5.41, 5.74) is 32.2. The van der Waals surface area contributed by atoms with Gasteiger partial charge in [0.15, 0.2) is 0 Å². The molecular formula is C81H57N. The summed E-state index contributed by atoms with van der Waals surface area (Å²) in [4.78, 5) is 0. The van der Waals surface area contributed by atoms with Crippen LogP contribution in [0.25, 0.3) is 106 Å². The molecule has 0 aliphatic heterocycles. The number of fused-ring (bicyclic) bond motifs is 16. The van der Waals surface area contributed by atoms with E-state index in [0.717, 1.165) is 17.7 Å². The van der Waals surface area contributed by atoms with Crippen LogP contribution in [0.5, 0.6) is 0 Å². The molecule has 386 valence electrons. The van der Waals surface area contributed by atoms with Gasteiger partial charge in [0.25, 0.3) is 0 Å². The summed E-state index contributed by atoms with van der Waals surface area (Å²) >= 11 is 0. The Hall–Kier alpha value is -10.1. The Kier molecular flexibility index (Phi) is 10.8. The summed E-state index contributed by atoms with van der Waals surface area (Å²) in [6.45, 7) is 8.85. The molecule has 1 aromatic heterocycles. The van der Waals surface area contributed by atoms with Crippen LogP contribution < -0.4 is 0 Å². The Morgan fingerprint density at radius 1 is 0.366 bits per heavy atom. The first-order valence-electron chi connectivity index (χ1n) is 28.8. The van der Waals surface area contributed by atoms with Crippen molar-refractivity contribution in [2.24, 2.45) is 0 Å². The van der Waals surface area contributed by atoms with Crippen molar-refractivity contribution in [1.29, 1.82) is 0 Å². The normalized spacial score (nSPS) is 15.0. The van der Waals surface area contributed by atoms with Gasteiger partial charge in [0.2, 0.25) is 0 Å². The van der Waals surface area contributed by atoms with Crippen LogP contribution in [-0.2, 0) is 17.3 Å². The van der Waals surface area contributed by atoms with E-state index in [9.17, 15) is 0 Å². The SMILES string of the molecule is C=Cc1cccc(-c2ccc3c(c2)C2(c4ccccc4-3)c3ccccc3-c3ccc(-c4ccc5c(c4)c4cc(C/C=C(/c6ccc(-c7ccccc7)cc6)c6ccc7c(c6)C(C)(C)c6ccccc6-7)ccc4n5-c4ccccc4)cc32)c1. The summed E-state index contributed by atoms with van der Waals surface area (Å²) in [6.07, 6.45) is 5.17. The fourth-order valence-corrected chi connectivity index (χ4v) is 14.5. The largest absolute Gasteiger partial charge is 0.309 e. The second-order valence-electron chi connectivity index (χ2n) is 23.1. The number of benzene rings is 12. The molecule has 3 aliphatic rings. The van der Waals surface area contributed by atoms with E-state index in [1.165, 1.54) is 144 Å². The zero-order valence-corrected chi connectivity index (χ0v) is 46.0. The van der Waals surface area contributed by atoms with Crippen molar-refractivity contribution in [1.82, 2.24) is 4.57 Å². The molecule has 1 heteroatoms. The zero-order valence-electron chi connectivity index (χ0n) is 46.0. The highest BCUT2D eigenvalue weighted by Gasteiger charge is 2.52. The summed E-state index contributed by atoms with van der Waals surface area (Å²) in [6, 6.07) is 103. The molecule has 16 rings (SSSR count). The Morgan fingerprint density at radius 3 is 1.51 bits per heavy atom. The predicted octanol–water partition coefficient (Wildman–Crippen LogP) is 20.8. The van der Waals surface area contributed by atoms with Gasteiger partial charge < -0.3 is 4.57 Å². The highest BCUT2D eigenvalue weighted by atomic mass is 15.0. The number of hydrogen-bond donors (Lipinski definition) is 0. The van der Waals surface area contributed by atoms with Crippen LogP contribution in [0.1, 0.15) is 69.5 Å². The van der Waals surface area contributed by atoms with Gasteiger partial charge in [0.1, 0.15) is 0 Å². The van der Waals surface area contributed by atoms with Gasteiger partial charge in [-0.1, -0.05) is 245 Å². The molecule has 1 heterocycles. The van der Waals surface area contributed by atoms with Crippen molar-refractivity contribution in [3.8, 4) is 72.4 Å².